The van der Waals surface area contributed by atoms with Gasteiger partial charge in [0.25, 0.3) is 17.7 Å². The molecule has 0 saturated carbocycles. The average molecular weight is 500 g/mol. The van der Waals surface area contributed by atoms with Gasteiger partial charge < -0.3 is 25.3 Å². The van der Waals surface area contributed by atoms with E-state index in [0.717, 1.165) is 18.8 Å². The van der Waals surface area contributed by atoms with Gasteiger partial charge in [-0.2, -0.15) is 0 Å². The molecule has 3 amide bonds. The second-order valence-corrected chi connectivity index (χ2v) is 8.99. The maximum absolute atomic E-state index is 13.2. The Bertz CT molecular complexity index is 1260. The maximum atomic E-state index is 13.2. The summed E-state index contributed by atoms with van der Waals surface area (Å²) in [5, 5.41) is 6.25. The number of aromatic nitrogens is 2. The van der Waals surface area contributed by atoms with Crippen LogP contribution in [-0.4, -0.2) is 89.8 Å². The highest BCUT2D eigenvalue weighted by molar-refractivity contribution is 6.07. The summed E-state index contributed by atoms with van der Waals surface area (Å²) in [6.45, 7) is 5.05. The number of carbonyl (C=O) groups is 3. The van der Waals surface area contributed by atoms with E-state index in [1.165, 1.54) is 6.20 Å². The largest absolute Gasteiger partial charge is 0.366 e. The van der Waals surface area contributed by atoms with Gasteiger partial charge in [-0.3, -0.25) is 24.4 Å². The van der Waals surface area contributed by atoms with E-state index in [1.54, 1.807) is 48.9 Å². The summed E-state index contributed by atoms with van der Waals surface area (Å²) in [5.74, 6) is -0.404. The van der Waals surface area contributed by atoms with E-state index in [0.29, 0.717) is 61.6 Å². The van der Waals surface area contributed by atoms with Crippen molar-refractivity contribution in [2.24, 2.45) is 0 Å². The molecule has 5 rings (SSSR count). The van der Waals surface area contributed by atoms with Gasteiger partial charge >= 0.3 is 0 Å². The van der Waals surface area contributed by atoms with Crippen LogP contribution in [0.3, 0.4) is 0 Å². The van der Waals surface area contributed by atoms with Crippen molar-refractivity contribution in [2.45, 2.75) is 0 Å². The minimum atomic E-state index is -0.300. The first-order chi connectivity index (χ1) is 18.1. The lowest BCUT2D eigenvalue weighted by Crippen LogP contribution is -2.49. The molecule has 0 atom stereocenters. The van der Waals surface area contributed by atoms with E-state index < -0.39 is 0 Å². The van der Waals surface area contributed by atoms with Gasteiger partial charge in [-0.1, -0.05) is 0 Å². The van der Waals surface area contributed by atoms with Crippen LogP contribution in [0, 0.1) is 0 Å². The Labute approximate surface area is 215 Å². The molecule has 2 aliphatic heterocycles. The minimum absolute atomic E-state index is 0.0465. The standard InChI is InChI=1S/C27H29N7O3/c35-25(21-3-1-7-29-18-21)31-23-17-20(26(36)33-11-9-28-10-12-33)5-6-24(23)32-13-15-34(16-14-32)27(37)22-4-2-8-30-19-22/h1-8,17-19,28H,9-16H2,(H,31,35). The number of nitrogens with one attached hydrogen (secondary N) is 2. The second kappa shape index (κ2) is 11.2. The summed E-state index contributed by atoms with van der Waals surface area (Å²) >= 11 is 0. The van der Waals surface area contributed by atoms with Gasteiger partial charge in [-0.25, -0.2) is 0 Å². The molecule has 190 valence electrons. The number of pyridine rings is 2. The molecule has 2 aliphatic rings. The molecule has 0 radical (unpaired) electrons. The van der Waals surface area contributed by atoms with E-state index in [-0.39, 0.29) is 17.7 Å². The van der Waals surface area contributed by atoms with Gasteiger partial charge in [0, 0.05) is 82.7 Å². The molecule has 10 heteroatoms. The first kappa shape index (κ1) is 24.4. The molecule has 0 unspecified atom stereocenters. The SMILES string of the molecule is O=C(Nc1cc(C(=O)N2CCNCC2)ccc1N1CCN(C(=O)c2cccnc2)CC1)c1cccnc1. The Hall–Kier alpha value is -4.31. The van der Waals surface area contributed by atoms with Gasteiger partial charge in [0.15, 0.2) is 0 Å². The minimum Gasteiger partial charge on any atom is -0.366 e. The maximum Gasteiger partial charge on any atom is 0.257 e. The number of carbonyl (C=O) groups excluding carboxylic acids is 3. The fourth-order valence-corrected chi connectivity index (χ4v) is 4.61. The predicted molar refractivity (Wildman–Crippen MR) is 140 cm³/mol. The van der Waals surface area contributed by atoms with Crippen LogP contribution in [0.1, 0.15) is 31.1 Å². The lowest BCUT2D eigenvalue weighted by atomic mass is 10.1. The zero-order valence-electron chi connectivity index (χ0n) is 20.5. The zero-order chi connectivity index (χ0) is 25.6. The Morgan fingerprint density at radius 2 is 1.35 bits per heavy atom. The number of nitrogens with zero attached hydrogens (tertiary/aromatic N) is 5. The fraction of sp³-hybridized carbons (Fsp3) is 0.296. The van der Waals surface area contributed by atoms with Gasteiger partial charge in [0.05, 0.1) is 22.5 Å². The number of benzene rings is 1. The number of amides is 3. The molecule has 2 fully saturated rings. The molecule has 37 heavy (non-hydrogen) atoms. The van der Waals surface area contributed by atoms with Crippen LogP contribution in [-0.2, 0) is 0 Å². The number of piperazine rings is 2. The predicted octanol–water partition coefficient (Wildman–Crippen LogP) is 1.74. The number of rotatable bonds is 5. The zero-order valence-corrected chi connectivity index (χ0v) is 20.5. The molecular formula is C27H29N7O3. The summed E-state index contributed by atoms with van der Waals surface area (Å²) in [6, 6.07) is 12.4. The van der Waals surface area contributed by atoms with Crippen molar-refractivity contribution in [3.05, 3.63) is 83.9 Å². The Kier molecular flexibility index (Phi) is 7.36. The van der Waals surface area contributed by atoms with E-state index in [9.17, 15) is 14.4 Å². The van der Waals surface area contributed by atoms with Crippen LogP contribution in [0.4, 0.5) is 11.4 Å². The summed E-state index contributed by atoms with van der Waals surface area (Å²) in [7, 11) is 0. The van der Waals surface area contributed by atoms with E-state index in [2.05, 4.69) is 25.5 Å². The molecule has 1 aromatic carbocycles. The molecule has 2 aromatic heterocycles. The lowest BCUT2D eigenvalue weighted by molar-refractivity contribution is 0.0731. The highest BCUT2D eigenvalue weighted by Gasteiger charge is 2.26. The number of hydrogen-bond acceptors (Lipinski definition) is 7. The van der Waals surface area contributed by atoms with E-state index in [4.69, 9.17) is 0 Å². The third-order valence-corrected chi connectivity index (χ3v) is 6.64. The molecule has 4 heterocycles. The Morgan fingerprint density at radius 3 is 2.00 bits per heavy atom. The molecule has 0 aliphatic carbocycles. The molecule has 0 bridgehead atoms. The third kappa shape index (κ3) is 5.59. The monoisotopic (exact) mass is 499 g/mol. The van der Waals surface area contributed by atoms with E-state index >= 15 is 0 Å². The summed E-state index contributed by atoms with van der Waals surface area (Å²) < 4.78 is 0. The van der Waals surface area contributed by atoms with Crippen molar-refractivity contribution in [2.75, 3.05) is 62.6 Å². The summed E-state index contributed by atoms with van der Waals surface area (Å²) in [5.41, 5.74) is 2.89. The fourth-order valence-electron chi connectivity index (χ4n) is 4.61. The van der Waals surface area contributed by atoms with Crippen LogP contribution < -0.4 is 15.5 Å². The molecule has 10 nitrogen and oxygen atoms in total. The van der Waals surface area contributed by atoms with Gasteiger partial charge in [0.1, 0.15) is 0 Å². The van der Waals surface area contributed by atoms with Crippen molar-refractivity contribution in [1.29, 1.82) is 0 Å². The van der Waals surface area contributed by atoms with Crippen molar-refractivity contribution in [3.63, 3.8) is 0 Å². The van der Waals surface area contributed by atoms with Crippen molar-refractivity contribution >= 4 is 29.1 Å². The van der Waals surface area contributed by atoms with E-state index in [1.807, 2.05) is 21.9 Å². The second-order valence-electron chi connectivity index (χ2n) is 8.99. The van der Waals surface area contributed by atoms with Crippen molar-refractivity contribution in [1.82, 2.24) is 25.1 Å². The normalized spacial score (nSPS) is 15.8. The van der Waals surface area contributed by atoms with Gasteiger partial charge in [-0.05, 0) is 42.5 Å². The lowest BCUT2D eigenvalue weighted by Gasteiger charge is -2.37. The first-order valence-corrected chi connectivity index (χ1v) is 12.4. The molecule has 2 N–H and O–H groups in total. The summed E-state index contributed by atoms with van der Waals surface area (Å²) in [4.78, 5) is 52.8. The Morgan fingerprint density at radius 1 is 0.730 bits per heavy atom. The highest BCUT2D eigenvalue weighted by atomic mass is 16.2. The third-order valence-electron chi connectivity index (χ3n) is 6.64. The number of anilines is 2. The smallest absolute Gasteiger partial charge is 0.257 e. The first-order valence-electron chi connectivity index (χ1n) is 12.4. The van der Waals surface area contributed by atoms with Crippen LogP contribution >= 0.6 is 0 Å². The van der Waals surface area contributed by atoms with Crippen LogP contribution in [0.2, 0.25) is 0 Å². The molecule has 2 saturated heterocycles. The molecular weight excluding hydrogens is 470 g/mol. The van der Waals surface area contributed by atoms with Crippen LogP contribution in [0.5, 0.6) is 0 Å². The summed E-state index contributed by atoms with van der Waals surface area (Å²) in [6.07, 6.45) is 6.34. The topological polar surface area (TPSA) is 111 Å². The molecule has 3 aromatic rings. The van der Waals surface area contributed by atoms with Gasteiger partial charge in [-0.15, -0.1) is 0 Å². The molecule has 0 spiro atoms. The van der Waals surface area contributed by atoms with Crippen molar-refractivity contribution in [3.8, 4) is 0 Å². The Balaban J connectivity index is 1.36. The van der Waals surface area contributed by atoms with Crippen LogP contribution in [0.15, 0.2) is 67.3 Å². The average Bonchev–Trinajstić information content (AvgIpc) is 2.98. The van der Waals surface area contributed by atoms with Crippen LogP contribution in [0.25, 0.3) is 0 Å². The highest BCUT2D eigenvalue weighted by Crippen LogP contribution is 2.30. The van der Waals surface area contributed by atoms with Crippen molar-refractivity contribution < 1.29 is 14.4 Å². The number of hydrogen-bond donors (Lipinski definition) is 2. The quantitative estimate of drug-likeness (QED) is 0.550. The van der Waals surface area contributed by atoms with Gasteiger partial charge in [0.2, 0.25) is 0 Å².